The Hall–Kier alpha value is -1.49. The van der Waals surface area contributed by atoms with Crippen molar-refractivity contribution in [3.8, 4) is 0 Å². The number of halogens is 1. The molecule has 0 aliphatic carbocycles. The van der Waals surface area contributed by atoms with E-state index >= 15 is 0 Å². The van der Waals surface area contributed by atoms with Crippen LogP contribution in [-0.4, -0.2) is 14.0 Å². The fourth-order valence-corrected chi connectivity index (χ4v) is 2.83. The lowest BCUT2D eigenvalue weighted by Gasteiger charge is -2.02. The van der Waals surface area contributed by atoms with Crippen molar-refractivity contribution in [2.45, 2.75) is 24.0 Å². The van der Waals surface area contributed by atoms with Crippen molar-refractivity contribution in [1.29, 1.82) is 0 Å². The van der Waals surface area contributed by atoms with Crippen molar-refractivity contribution in [1.82, 2.24) is 9.78 Å². The summed E-state index contributed by atoms with van der Waals surface area (Å²) in [6.07, 6.45) is 0.858. The van der Waals surface area contributed by atoms with Gasteiger partial charge in [0.1, 0.15) is 5.82 Å². The van der Waals surface area contributed by atoms with Crippen molar-refractivity contribution in [2.24, 2.45) is 7.05 Å². The maximum Gasteiger partial charge on any atom is 0.123 e. The highest BCUT2D eigenvalue weighted by Gasteiger charge is 2.10. The van der Waals surface area contributed by atoms with E-state index in [0.29, 0.717) is 10.6 Å². The smallest absolute Gasteiger partial charge is 0.123 e. The van der Waals surface area contributed by atoms with Crippen molar-refractivity contribution >= 4 is 10.8 Å². The summed E-state index contributed by atoms with van der Waals surface area (Å²) in [5.41, 5.74) is 1.91. The van der Waals surface area contributed by atoms with E-state index in [1.54, 1.807) is 16.8 Å². The minimum Gasteiger partial charge on any atom is -0.271 e. The summed E-state index contributed by atoms with van der Waals surface area (Å²) in [6, 6.07) is 7.73. The molecule has 1 unspecified atom stereocenters. The standard InChI is InChI=1S/C13H15FN2OS/c1-3-11-8-12(16(2)15-11)9-18(17)13-6-4-10(14)5-7-13/h4-8H,3,9H2,1-2H3. The predicted molar refractivity (Wildman–Crippen MR) is 69.1 cm³/mol. The van der Waals surface area contributed by atoms with Gasteiger partial charge in [0, 0.05) is 11.9 Å². The van der Waals surface area contributed by atoms with E-state index in [0.717, 1.165) is 17.8 Å². The molecule has 0 aliphatic heterocycles. The average molecular weight is 266 g/mol. The molecule has 1 aromatic carbocycles. The summed E-state index contributed by atoms with van der Waals surface area (Å²) in [4.78, 5) is 0.635. The summed E-state index contributed by atoms with van der Waals surface area (Å²) in [6.45, 7) is 2.03. The second kappa shape index (κ2) is 5.44. The first-order chi connectivity index (χ1) is 8.60. The Kier molecular flexibility index (Phi) is 3.91. The van der Waals surface area contributed by atoms with Crippen LogP contribution in [0.4, 0.5) is 4.39 Å². The zero-order valence-electron chi connectivity index (χ0n) is 10.4. The zero-order valence-corrected chi connectivity index (χ0v) is 11.2. The fraction of sp³-hybridized carbons (Fsp3) is 0.308. The molecule has 1 aromatic heterocycles. The van der Waals surface area contributed by atoms with Crippen LogP contribution < -0.4 is 0 Å². The Morgan fingerprint density at radius 3 is 2.56 bits per heavy atom. The van der Waals surface area contributed by atoms with Gasteiger partial charge >= 0.3 is 0 Å². The Labute approximate surface area is 108 Å². The highest BCUT2D eigenvalue weighted by molar-refractivity contribution is 7.84. The van der Waals surface area contributed by atoms with Gasteiger partial charge in [0.05, 0.1) is 27.9 Å². The number of rotatable bonds is 4. The number of hydrogen-bond acceptors (Lipinski definition) is 2. The van der Waals surface area contributed by atoms with E-state index in [9.17, 15) is 8.60 Å². The van der Waals surface area contributed by atoms with E-state index in [1.807, 2.05) is 20.0 Å². The van der Waals surface area contributed by atoms with Gasteiger partial charge in [0.15, 0.2) is 0 Å². The minimum absolute atomic E-state index is 0.315. The molecule has 0 N–H and O–H groups in total. The van der Waals surface area contributed by atoms with Gasteiger partial charge in [0.25, 0.3) is 0 Å². The number of hydrogen-bond donors (Lipinski definition) is 0. The number of nitrogens with zero attached hydrogens (tertiary/aromatic N) is 2. The molecule has 2 rings (SSSR count). The van der Waals surface area contributed by atoms with Gasteiger partial charge in [-0.25, -0.2) is 4.39 Å². The molecule has 3 nitrogen and oxygen atoms in total. The lowest BCUT2D eigenvalue weighted by molar-refractivity contribution is 0.626. The van der Waals surface area contributed by atoms with Gasteiger partial charge in [-0.1, -0.05) is 6.92 Å². The third-order valence-corrected chi connectivity index (χ3v) is 4.10. The lowest BCUT2D eigenvalue weighted by Crippen LogP contribution is -2.03. The monoisotopic (exact) mass is 266 g/mol. The van der Waals surface area contributed by atoms with Crippen LogP contribution in [0.25, 0.3) is 0 Å². The van der Waals surface area contributed by atoms with Gasteiger partial charge in [-0.3, -0.25) is 8.89 Å². The molecule has 0 saturated heterocycles. The molecule has 5 heteroatoms. The first kappa shape index (κ1) is 13.0. The largest absolute Gasteiger partial charge is 0.271 e. The van der Waals surface area contributed by atoms with Crippen molar-refractivity contribution < 1.29 is 8.60 Å². The van der Waals surface area contributed by atoms with Crippen molar-refractivity contribution in [2.75, 3.05) is 0 Å². The van der Waals surface area contributed by atoms with E-state index in [4.69, 9.17) is 0 Å². The van der Waals surface area contributed by atoms with Gasteiger partial charge in [-0.2, -0.15) is 5.10 Å². The topological polar surface area (TPSA) is 34.9 Å². The van der Waals surface area contributed by atoms with Gasteiger partial charge in [0.2, 0.25) is 0 Å². The molecule has 0 bridgehead atoms. The van der Waals surface area contributed by atoms with Crippen LogP contribution in [-0.2, 0) is 30.0 Å². The second-order valence-electron chi connectivity index (χ2n) is 4.05. The molecule has 18 heavy (non-hydrogen) atoms. The van der Waals surface area contributed by atoms with Crippen molar-refractivity contribution in [3.63, 3.8) is 0 Å². The average Bonchev–Trinajstić information content (AvgIpc) is 2.71. The quantitative estimate of drug-likeness (QED) is 0.852. The predicted octanol–water partition coefficient (Wildman–Crippen LogP) is 2.43. The van der Waals surface area contributed by atoms with Gasteiger partial charge in [-0.15, -0.1) is 0 Å². The molecule has 0 radical (unpaired) electrons. The number of aryl methyl sites for hydroxylation is 2. The van der Waals surface area contributed by atoms with Crippen LogP contribution in [0, 0.1) is 5.82 Å². The molecule has 1 atom stereocenters. The molecule has 96 valence electrons. The third-order valence-electron chi connectivity index (χ3n) is 2.75. The first-order valence-corrected chi connectivity index (χ1v) is 7.07. The molecule has 0 saturated carbocycles. The molecule has 0 fully saturated rings. The highest BCUT2D eigenvalue weighted by Crippen LogP contribution is 2.14. The summed E-state index contributed by atoms with van der Waals surface area (Å²) in [7, 11) is 0.675. The zero-order chi connectivity index (χ0) is 13.1. The van der Waals surface area contributed by atoms with Crippen LogP contribution in [0.5, 0.6) is 0 Å². The number of aromatic nitrogens is 2. The second-order valence-corrected chi connectivity index (χ2v) is 5.50. The van der Waals surface area contributed by atoms with Crippen LogP contribution in [0.1, 0.15) is 18.3 Å². The van der Waals surface area contributed by atoms with Crippen LogP contribution in [0.2, 0.25) is 0 Å². The summed E-state index contributed by atoms with van der Waals surface area (Å²) in [5.74, 6) is 0.0827. The molecule has 0 amide bonds. The van der Waals surface area contributed by atoms with Gasteiger partial charge in [-0.05, 0) is 36.8 Å². The Bertz CT molecular complexity index is 563. The minimum atomic E-state index is -1.17. The van der Waals surface area contributed by atoms with Crippen LogP contribution >= 0.6 is 0 Å². The SMILES string of the molecule is CCc1cc(CS(=O)c2ccc(F)cc2)n(C)n1. The van der Waals surface area contributed by atoms with E-state index in [-0.39, 0.29) is 5.82 Å². The van der Waals surface area contributed by atoms with Crippen molar-refractivity contribution in [3.05, 3.63) is 47.5 Å². The maximum absolute atomic E-state index is 12.8. The third kappa shape index (κ3) is 2.85. The van der Waals surface area contributed by atoms with E-state index in [1.165, 1.54) is 12.1 Å². The first-order valence-electron chi connectivity index (χ1n) is 5.76. The Morgan fingerprint density at radius 1 is 1.33 bits per heavy atom. The van der Waals surface area contributed by atoms with Crippen LogP contribution in [0.3, 0.4) is 0 Å². The Balaban J connectivity index is 2.15. The Morgan fingerprint density at radius 2 is 2.00 bits per heavy atom. The molecule has 1 heterocycles. The fourth-order valence-electron chi connectivity index (χ4n) is 1.68. The molecular weight excluding hydrogens is 251 g/mol. The number of benzene rings is 1. The lowest BCUT2D eigenvalue weighted by atomic mass is 10.3. The van der Waals surface area contributed by atoms with Gasteiger partial charge < -0.3 is 0 Å². The summed E-state index contributed by atoms with van der Waals surface area (Å²) >= 11 is 0. The molecular formula is C13H15FN2OS. The van der Waals surface area contributed by atoms with E-state index in [2.05, 4.69) is 5.10 Å². The molecule has 0 spiro atoms. The summed E-state index contributed by atoms with van der Waals surface area (Å²) in [5, 5.41) is 4.31. The summed E-state index contributed by atoms with van der Waals surface area (Å²) < 4.78 is 26.7. The molecule has 2 aromatic rings. The highest BCUT2D eigenvalue weighted by atomic mass is 32.2. The normalized spacial score (nSPS) is 12.6. The molecule has 0 aliphatic rings. The maximum atomic E-state index is 12.8. The van der Waals surface area contributed by atoms with Crippen LogP contribution in [0.15, 0.2) is 35.2 Å². The van der Waals surface area contributed by atoms with E-state index < -0.39 is 10.8 Å².